The van der Waals surface area contributed by atoms with Crippen LogP contribution in [0, 0.1) is 11.3 Å². The van der Waals surface area contributed by atoms with Gasteiger partial charge in [0, 0.05) is 31.4 Å². The maximum Gasteiger partial charge on any atom is 0.0991 e. The fourth-order valence-corrected chi connectivity index (χ4v) is 2.71. The van der Waals surface area contributed by atoms with Gasteiger partial charge in [0.15, 0.2) is 0 Å². The zero-order valence-electron chi connectivity index (χ0n) is 11.4. The van der Waals surface area contributed by atoms with Crippen LogP contribution in [0.2, 0.25) is 0 Å². The van der Waals surface area contributed by atoms with Crippen molar-refractivity contribution in [1.29, 1.82) is 5.26 Å². The molecule has 0 aromatic heterocycles. The Balaban J connectivity index is 2.19. The third-order valence-corrected chi connectivity index (χ3v) is 3.69. The first-order valence-electron chi connectivity index (χ1n) is 6.81. The monoisotopic (exact) mass is 259 g/mol. The molecule has 1 heterocycles. The van der Waals surface area contributed by atoms with Crippen LogP contribution in [0.3, 0.4) is 0 Å². The quantitative estimate of drug-likeness (QED) is 0.892. The Bertz CT molecular complexity index is 438. The summed E-state index contributed by atoms with van der Waals surface area (Å²) in [6.45, 7) is 3.28. The van der Waals surface area contributed by atoms with Crippen LogP contribution in [0.5, 0.6) is 0 Å². The van der Waals surface area contributed by atoms with Crippen molar-refractivity contribution in [2.45, 2.75) is 18.9 Å². The van der Waals surface area contributed by atoms with Gasteiger partial charge >= 0.3 is 0 Å². The molecule has 4 nitrogen and oxygen atoms in total. The van der Waals surface area contributed by atoms with Crippen molar-refractivity contribution in [1.82, 2.24) is 4.90 Å². The number of anilines is 1. The number of aliphatic hydroxyl groups excluding tert-OH is 1. The van der Waals surface area contributed by atoms with E-state index in [4.69, 9.17) is 5.26 Å². The number of hydrogen-bond acceptors (Lipinski definition) is 4. The Morgan fingerprint density at radius 1 is 1.32 bits per heavy atom. The van der Waals surface area contributed by atoms with Gasteiger partial charge in [-0.1, -0.05) is 0 Å². The van der Waals surface area contributed by atoms with E-state index in [9.17, 15) is 5.11 Å². The van der Waals surface area contributed by atoms with Gasteiger partial charge in [0.1, 0.15) is 0 Å². The summed E-state index contributed by atoms with van der Waals surface area (Å²) in [6.07, 6.45) is 1.91. The summed E-state index contributed by atoms with van der Waals surface area (Å²) in [6, 6.07) is 10.2. The van der Waals surface area contributed by atoms with E-state index >= 15 is 0 Å². The third-order valence-electron chi connectivity index (χ3n) is 3.69. The van der Waals surface area contributed by atoms with Crippen molar-refractivity contribution in [3.8, 4) is 6.07 Å². The summed E-state index contributed by atoms with van der Waals surface area (Å²) in [5.41, 5.74) is 1.84. The molecule has 102 valence electrons. The predicted molar refractivity (Wildman–Crippen MR) is 76.1 cm³/mol. The summed E-state index contributed by atoms with van der Waals surface area (Å²) < 4.78 is 0. The SMILES string of the molecule is CN1CCCN(c2ccc(C#N)cc2)C(CCO)C1. The molecular formula is C15H21N3O. The van der Waals surface area contributed by atoms with E-state index in [-0.39, 0.29) is 6.61 Å². The Kier molecular flexibility index (Phi) is 4.78. The predicted octanol–water partition coefficient (Wildman–Crippen LogP) is 1.45. The topological polar surface area (TPSA) is 50.5 Å². The summed E-state index contributed by atoms with van der Waals surface area (Å²) >= 11 is 0. The van der Waals surface area contributed by atoms with Crippen LogP contribution >= 0.6 is 0 Å². The van der Waals surface area contributed by atoms with E-state index in [2.05, 4.69) is 22.9 Å². The lowest BCUT2D eigenvalue weighted by molar-refractivity contribution is 0.253. The maximum absolute atomic E-state index is 9.26. The molecule has 19 heavy (non-hydrogen) atoms. The van der Waals surface area contributed by atoms with Crippen LogP contribution in [0.25, 0.3) is 0 Å². The highest BCUT2D eigenvalue weighted by Crippen LogP contribution is 2.22. The van der Waals surface area contributed by atoms with E-state index in [0.29, 0.717) is 11.6 Å². The third kappa shape index (κ3) is 3.46. The van der Waals surface area contributed by atoms with Crippen molar-refractivity contribution in [3.05, 3.63) is 29.8 Å². The highest BCUT2D eigenvalue weighted by molar-refractivity contribution is 5.50. The van der Waals surface area contributed by atoms with Crippen LogP contribution in [0.1, 0.15) is 18.4 Å². The van der Waals surface area contributed by atoms with Crippen LogP contribution in [-0.4, -0.2) is 49.3 Å². The standard InChI is InChI=1S/C15H21N3O/c1-17-8-2-9-18(15(12-17)7-10-19)14-5-3-13(11-16)4-6-14/h3-6,15,19H,2,7-10,12H2,1H3. The van der Waals surface area contributed by atoms with Crippen LogP contribution in [0.15, 0.2) is 24.3 Å². The van der Waals surface area contributed by atoms with Crippen LogP contribution in [-0.2, 0) is 0 Å². The average molecular weight is 259 g/mol. The molecule has 1 aliphatic rings. The Labute approximate surface area is 114 Å². The van der Waals surface area contributed by atoms with Crippen molar-refractivity contribution < 1.29 is 5.11 Å². The summed E-state index contributed by atoms with van der Waals surface area (Å²) in [7, 11) is 2.13. The van der Waals surface area contributed by atoms with E-state index in [0.717, 1.165) is 38.2 Å². The van der Waals surface area contributed by atoms with Crippen LogP contribution < -0.4 is 4.90 Å². The second-order valence-electron chi connectivity index (χ2n) is 5.13. The average Bonchev–Trinajstić information content (AvgIpc) is 2.61. The largest absolute Gasteiger partial charge is 0.396 e. The van der Waals surface area contributed by atoms with Crippen LogP contribution in [0.4, 0.5) is 5.69 Å². The number of aliphatic hydroxyl groups is 1. The van der Waals surface area contributed by atoms with E-state index in [1.807, 2.05) is 24.3 Å². The lowest BCUT2D eigenvalue weighted by Gasteiger charge is -2.32. The molecule has 1 atom stereocenters. The lowest BCUT2D eigenvalue weighted by Crippen LogP contribution is -2.40. The molecule has 1 aromatic carbocycles. The molecule has 0 amide bonds. The smallest absolute Gasteiger partial charge is 0.0991 e. The first-order chi connectivity index (χ1) is 9.24. The van der Waals surface area contributed by atoms with Gasteiger partial charge in [-0.05, 0) is 50.7 Å². The first kappa shape index (κ1) is 13.9. The highest BCUT2D eigenvalue weighted by Gasteiger charge is 2.23. The zero-order valence-corrected chi connectivity index (χ0v) is 11.4. The van der Waals surface area contributed by atoms with E-state index < -0.39 is 0 Å². The molecule has 2 rings (SSSR count). The molecule has 4 heteroatoms. The van der Waals surface area contributed by atoms with Crippen molar-refractivity contribution in [3.63, 3.8) is 0 Å². The minimum Gasteiger partial charge on any atom is -0.396 e. The number of nitrogens with zero attached hydrogens (tertiary/aromatic N) is 3. The Hall–Kier alpha value is -1.57. The van der Waals surface area contributed by atoms with Crippen molar-refractivity contribution in [2.24, 2.45) is 0 Å². The summed E-state index contributed by atoms with van der Waals surface area (Å²) in [4.78, 5) is 4.69. The molecule has 1 unspecified atom stereocenters. The summed E-state index contributed by atoms with van der Waals surface area (Å²) in [5.74, 6) is 0. The minimum atomic E-state index is 0.214. The Morgan fingerprint density at radius 3 is 2.68 bits per heavy atom. The first-order valence-corrected chi connectivity index (χ1v) is 6.81. The molecule has 0 spiro atoms. The summed E-state index contributed by atoms with van der Waals surface area (Å²) in [5, 5.41) is 18.1. The minimum absolute atomic E-state index is 0.214. The lowest BCUT2D eigenvalue weighted by atomic mass is 10.1. The number of likely N-dealkylation sites (N-methyl/N-ethyl adjacent to an activating group) is 1. The number of rotatable bonds is 3. The number of nitriles is 1. The molecule has 1 aromatic rings. The second-order valence-corrected chi connectivity index (χ2v) is 5.13. The highest BCUT2D eigenvalue weighted by atomic mass is 16.3. The molecule has 0 bridgehead atoms. The number of hydrogen-bond donors (Lipinski definition) is 1. The second kappa shape index (κ2) is 6.55. The molecule has 1 aliphatic heterocycles. The van der Waals surface area contributed by atoms with Gasteiger partial charge < -0.3 is 14.9 Å². The van der Waals surface area contributed by atoms with Gasteiger partial charge in [-0.2, -0.15) is 5.26 Å². The van der Waals surface area contributed by atoms with Gasteiger partial charge in [-0.25, -0.2) is 0 Å². The molecule has 0 aliphatic carbocycles. The molecule has 1 fully saturated rings. The molecule has 0 radical (unpaired) electrons. The maximum atomic E-state index is 9.26. The van der Waals surface area contributed by atoms with Gasteiger partial charge in [0.25, 0.3) is 0 Å². The molecule has 1 N–H and O–H groups in total. The van der Waals surface area contributed by atoms with E-state index in [1.165, 1.54) is 0 Å². The van der Waals surface area contributed by atoms with Crippen molar-refractivity contribution in [2.75, 3.05) is 38.2 Å². The fraction of sp³-hybridized carbons (Fsp3) is 0.533. The zero-order chi connectivity index (χ0) is 13.7. The normalized spacial score (nSPS) is 20.9. The van der Waals surface area contributed by atoms with E-state index in [1.54, 1.807) is 0 Å². The Morgan fingerprint density at radius 2 is 2.05 bits per heavy atom. The van der Waals surface area contributed by atoms with Gasteiger partial charge in [-0.15, -0.1) is 0 Å². The molecule has 1 saturated heterocycles. The molecular weight excluding hydrogens is 238 g/mol. The van der Waals surface area contributed by atoms with Gasteiger partial charge in [-0.3, -0.25) is 0 Å². The van der Waals surface area contributed by atoms with Gasteiger partial charge in [0.2, 0.25) is 0 Å². The van der Waals surface area contributed by atoms with Crippen molar-refractivity contribution >= 4 is 5.69 Å². The number of benzene rings is 1. The van der Waals surface area contributed by atoms with Gasteiger partial charge in [0.05, 0.1) is 11.6 Å². The molecule has 0 saturated carbocycles. The fourth-order valence-electron chi connectivity index (χ4n) is 2.71.